The fraction of sp³-hybridized carbons (Fsp3) is 0.423. The Morgan fingerprint density at radius 3 is 2.69 bits per heavy atom. The standard InChI is InChI=1S/C26H33N5O3S/c1-6-8-13-31-25(20(7-2)30(3)4)28-29-26(31)35-16-24(32)27-19-15-22-18(14-23(19)33-5)17-11-9-10-12-21(17)34-22/h9-12,14-15,20H,6-8,13,16H2,1-5H3,(H,27,32)/p+1/t20-/m0/s1. The number of amides is 1. The first-order valence-electron chi connectivity index (χ1n) is 12.1. The number of rotatable bonds is 11. The zero-order valence-corrected chi connectivity index (χ0v) is 21.9. The van der Waals surface area contributed by atoms with Crippen LogP contribution in [-0.4, -0.2) is 47.6 Å². The number of ether oxygens (including phenoxy) is 1. The number of hydrogen-bond acceptors (Lipinski definition) is 6. The van der Waals surface area contributed by atoms with Gasteiger partial charge < -0.3 is 23.9 Å². The maximum absolute atomic E-state index is 12.9. The topological polar surface area (TPSA) is 86.6 Å². The summed E-state index contributed by atoms with van der Waals surface area (Å²) in [4.78, 5) is 14.2. The van der Waals surface area contributed by atoms with Crippen molar-refractivity contribution in [2.24, 2.45) is 0 Å². The molecule has 35 heavy (non-hydrogen) atoms. The van der Waals surface area contributed by atoms with Gasteiger partial charge in [-0.1, -0.05) is 50.2 Å². The number of thioether (sulfide) groups is 1. The minimum Gasteiger partial charge on any atom is -0.495 e. The monoisotopic (exact) mass is 496 g/mol. The summed E-state index contributed by atoms with van der Waals surface area (Å²) in [5, 5.41) is 14.7. The minimum atomic E-state index is -0.138. The van der Waals surface area contributed by atoms with Gasteiger partial charge in [-0.3, -0.25) is 4.79 Å². The lowest BCUT2D eigenvalue weighted by Crippen LogP contribution is -3.06. The number of methoxy groups -OCH3 is 1. The third kappa shape index (κ3) is 5.31. The molecule has 0 fully saturated rings. The number of carbonyl (C=O) groups excluding carboxylic acids is 1. The van der Waals surface area contributed by atoms with Crippen LogP contribution in [0.2, 0.25) is 0 Å². The predicted octanol–water partition coefficient (Wildman–Crippen LogP) is 4.31. The van der Waals surface area contributed by atoms with Crippen molar-refractivity contribution in [1.82, 2.24) is 14.8 Å². The van der Waals surface area contributed by atoms with Gasteiger partial charge in [0.1, 0.15) is 23.0 Å². The van der Waals surface area contributed by atoms with E-state index in [1.54, 1.807) is 7.11 Å². The molecule has 0 spiro atoms. The molecule has 2 aromatic carbocycles. The Kier molecular flexibility index (Phi) is 7.97. The molecule has 1 amide bonds. The number of carbonyl (C=O) groups is 1. The maximum atomic E-state index is 12.9. The summed E-state index contributed by atoms with van der Waals surface area (Å²) in [5.41, 5.74) is 2.09. The highest BCUT2D eigenvalue weighted by atomic mass is 32.2. The second-order valence-electron chi connectivity index (χ2n) is 8.87. The molecule has 4 rings (SSSR count). The molecule has 8 nitrogen and oxygen atoms in total. The Morgan fingerprint density at radius 1 is 1.17 bits per heavy atom. The fourth-order valence-electron chi connectivity index (χ4n) is 4.37. The van der Waals surface area contributed by atoms with Gasteiger partial charge in [0.25, 0.3) is 0 Å². The second kappa shape index (κ2) is 11.1. The summed E-state index contributed by atoms with van der Waals surface area (Å²) >= 11 is 1.41. The molecular weight excluding hydrogens is 462 g/mol. The predicted molar refractivity (Wildman–Crippen MR) is 140 cm³/mol. The van der Waals surface area contributed by atoms with Gasteiger partial charge in [0, 0.05) is 29.8 Å². The third-order valence-corrected chi connectivity index (χ3v) is 7.17. The molecule has 0 bridgehead atoms. The van der Waals surface area contributed by atoms with Crippen LogP contribution < -0.4 is 15.0 Å². The first-order valence-corrected chi connectivity index (χ1v) is 13.1. The van der Waals surface area contributed by atoms with Crippen molar-refractivity contribution in [3.05, 3.63) is 42.2 Å². The third-order valence-electron chi connectivity index (χ3n) is 6.20. The normalized spacial score (nSPS) is 12.5. The fourth-order valence-corrected chi connectivity index (χ4v) is 5.15. The molecule has 0 saturated heterocycles. The lowest BCUT2D eigenvalue weighted by atomic mass is 10.1. The maximum Gasteiger partial charge on any atom is 0.234 e. The average Bonchev–Trinajstić information content (AvgIpc) is 3.41. The van der Waals surface area contributed by atoms with Crippen LogP contribution in [-0.2, 0) is 11.3 Å². The Balaban J connectivity index is 1.52. The van der Waals surface area contributed by atoms with E-state index in [1.165, 1.54) is 16.7 Å². The Labute approximate surface area is 210 Å². The largest absolute Gasteiger partial charge is 0.495 e. The van der Waals surface area contributed by atoms with Crippen LogP contribution in [0.1, 0.15) is 45.0 Å². The number of furan rings is 1. The number of hydrogen-bond donors (Lipinski definition) is 2. The van der Waals surface area contributed by atoms with Gasteiger partial charge >= 0.3 is 0 Å². The number of anilines is 1. The van der Waals surface area contributed by atoms with Crippen molar-refractivity contribution in [1.29, 1.82) is 0 Å². The Bertz CT molecular complexity index is 1310. The first-order chi connectivity index (χ1) is 17.0. The molecule has 9 heteroatoms. The van der Waals surface area contributed by atoms with E-state index in [4.69, 9.17) is 9.15 Å². The van der Waals surface area contributed by atoms with Crippen molar-refractivity contribution in [3.8, 4) is 5.75 Å². The van der Waals surface area contributed by atoms with E-state index in [0.29, 0.717) is 17.0 Å². The zero-order valence-electron chi connectivity index (χ0n) is 21.1. The number of aromatic nitrogens is 3. The van der Waals surface area contributed by atoms with E-state index in [9.17, 15) is 4.79 Å². The molecular formula is C26H34N5O3S+. The van der Waals surface area contributed by atoms with Gasteiger partial charge in [0.15, 0.2) is 11.0 Å². The molecule has 0 radical (unpaired) electrons. The summed E-state index contributed by atoms with van der Waals surface area (Å²) in [6.07, 6.45) is 3.10. The van der Waals surface area contributed by atoms with Crippen molar-refractivity contribution < 1.29 is 18.8 Å². The second-order valence-corrected chi connectivity index (χ2v) is 9.81. The van der Waals surface area contributed by atoms with Gasteiger partial charge in [0.2, 0.25) is 5.91 Å². The molecule has 2 aromatic heterocycles. The van der Waals surface area contributed by atoms with E-state index in [0.717, 1.165) is 53.1 Å². The highest BCUT2D eigenvalue weighted by Crippen LogP contribution is 2.36. The number of nitrogens with zero attached hydrogens (tertiary/aromatic N) is 3. The lowest BCUT2D eigenvalue weighted by molar-refractivity contribution is -0.893. The summed E-state index contributed by atoms with van der Waals surface area (Å²) < 4.78 is 13.7. The van der Waals surface area contributed by atoms with Crippen LogP contribution in [0, 0.1) is 0 Å². The van der Waals surface area contributed by atoms with Crippen LogP contribution >= 0.6 is 11.8 Å². The van der Waals surface area contributed by atoms with E-state index >= 15 is 0 Å². The molecule has 0 unspecified atom stereocenters. The number of para-hydroxylation sites is 1. The molecule has 0 aliphatic rings. The Hall–Kier alpha value is -3.04. The summed E-state index contributed by atoms with van der Waals surface area (Å²) in [7, 11) is 5.88. The van der Waals surface area contributed by atoms with Gasteiger partial charge in [-0.2, -0.15) is 0 Å². The van der Waals surface area contributed by atoms with Crippen LogP contribution in [0.3, 0.4) is 0 Å². The molecule has 1 atom stereocenters. The highest BCUT2D eigenvalue weighted by molar-refractivity contribution is 7.99. The average molecular weight is 497 g/mol. The van der Waals surface area contributed by atoms with Crippen LogP contribution in [0.15, 0.2) is 46.0 Å². The summed E-state index contributed by atoms with van der Waals surface area (Å²) in [6, 6.07) is 11.9. The quantitative estimate of drug-likeness (QED) is 0.301. The summed E-state index contributed by atoms with van der Waals surface area (Å²) in [6.45, 7) is 5.19. The van der Waals surface area contributed by atoms with Crippen molar-refractivity contribution >= 4 is 45.3 Å². The molecule has 186 valence electrons. The molecule has 4 aromatic rings. The van der Waals surface area contributed by atoms with Gasteiger partial charge in [-0.25, -0.2) is 0 Å². The van der Waals surface area contributed by atoms with E-state index < -0.39 is 0 Å². The van der Waals surface area contributed by atoms with Crippen molar-refractivity contribution in [2.45, 2.75) is 50.9 Å². The van der Waals surface area contributed by atoms with Gasteiger partial charge in [-0.05, 0) is 18.6 Å². The van der Waals surface area contributed by atoms with Crippen molar-refractivity contribution in [2.75, 3.05) is 32.3 Å². The summed E-state index contributed by atoms with van der Waals surface area (Å²) in [5.74, 6) is 1.66. The number of fused-ring (bicyclic) bond motifs is 3. The van der Waals surface area contributed by atoms with Crippen molar-refractivity contribution in [3.63, 3.8) is 0 Å². The van der Waals surface area contributed by atoms with Crippen LogP contribution in [0.25, 0.3) is 21.9 Å². The number of unbranched alkanes of at least 4 members (excludes halogenated alkanes) is 1. The lowest BCUT2D eigenvalue weighted by Gasteiger charge is -2.20. The smallest absolute Gasteiger partial charge is 0.234 e. The number of quaternary nitrogens is 1. The first kappa shape index (κ1) is 25.1. The van der Waals surface area contributed by atoms with Gasteiger partial charge in [-0.15, -0.1) is 10.2 Å². The van der Waals surface area contributed by atoms with E-state index in [2.05, 4.69) is 48.0 Å². The number of benzene rings is 2. The molecule has 0 aliphatic carbocycles. The highest BCUT2D eigenvalue weighted by Gasteiger charge is 2.25. The van der Waals surface area contributed by atoms with Gasteiger partial charge in [0.05, 0.1) is 32.6 Å². The molecule has 2 heterocycles. The van der Waals surface area contributed by atoms with E-state index in [1.807, 2.05) is 36.4 Å². The van der Waals surface area contributed by atoms with E-state index in [-0.39, 0.29) is 17.7 Å². The molecule has 0 saturated carbocycles. The zero-order chi connectivity index (χ0) is 24.9. The van der Waals surface area contributed by atoms with Crippen LogP contribution in [0.5, 0.6) is 5.75 Å². The SMILES string of the molecule is CCCCn1c(SCC(=O)Nc2cc3oc4ccccc4c3cc2OC)nnc1[C@H](CC)[NH+](C)C. The number of nitrogens with one attached hydrogen (secondary N) is 2. The Morgan fingerprint density at radius 2 is 1.97 bits per heavy atom. The van der Waals surface area contributed by atoms with Crippen LogP contribution in [0.4, 0.5) is 5.69 Å². The minimum absolute atomic E-state index is 0.138. The molecule has 2 N–H and O–H groups in total. The molecule has 0 aliphatic heterocycles.